The van der Waals surface area contributed by atoms with Crippen molar-refractivity contribution in [1.82, 2.24) is 0 Å². The van der Waals surface area contributed by atoms with Crippen LogP contribution in [0.5, 0.6) is 11.5 Å². The number of nitro groups is 1. The third-order valence-electron chi connectivity index (χ3n) is 2.09. The lowest BCUT2D eigenvalue weighted by atomic mass is 10.2. The molecule has 0 radical (unpaired) electrons. The summed E-state index contributed by atoms with van der Waals surface area (Å²) in [5, 5.41) is 10.8. The standard InChI is InChI=1S/C10H9NO5/c1-10(2)15-8-4-6(5-12)3-7(11(13)14)9(8)16-10/h3-5H,1-2H3. The molecule has 2 rings (SSSR count). The predicted octanol–water partition coefficient (Wildman–Crippen LogP) is 1.91. The Morgan fingerprint density at radius 1 is 1.38 bits per heavy atom. The number of hydrogen-bond acceptors (Lipinski definition) is 5. The van der Waals surface area contributed by atoms with Crippen molar-refractivity contribution in [3.8, 4) is 11.5 Å². The topological polar surface area (TPSA) is 78.7 Å². The van der Waals surface area contributed by atoms with E-state index in [0.29, 0.717) is 6.29 Å². The lowest BCUT2D eigenvalue weighted by molar-refractivity contribution is -0.386. The summed E-state index contributed by atoms with van der Waals surface area (Å²) in [6.45, 7) is 3.27. The maximum absolute atomic E-state index is 10.8. The SMILES string of the molecule is CC1(C)Oc2cc(C=O)cc([N+](=O)[O-])c2O1. The van der Waals surface area contributed by atoms with Crippen LogP contribution in [0.3, 0.4) is 0 Å². The average Bonchev–Trinajstić information content (AvgIpc) is 2.49. The molecule has 0 atom stereocenters. The second-order valence-corrected chi connectivity index (χ2v) is 3.85. The molecule has 1 heterocycles. The molecular weight excluding hydrogens is 214 g/mol. The van der Waals surface area contributed by atoms with Crippen molar-refractivity contribution in [2.24, 2.45) is 0 Å². The number of nitrogens with zero attached hydrogens (tertiary/aromatic N) is 1. The van der Waals surface area contributed by atoms with Crippen LogP contribution >= 0.6 is 0 Å². The van der Waals surface area contributed by atoms with Gasteiger partial charge in [-0.15, -0.1) is 0 Å². The highest BCUT2D eigenvalue weighted by Gasteiger charge is 2.37. The molecule has 0 aliphatic carbocycles. The number of hydrogen-bond donors (Lipinski definition) is 0. The first kappa shape index (κ1) is 10.4. The van der Waals surface area contributed by atoms with Crippen LogP contribution in [-0.4, -0.2) is 17.0 Å². The van der Waals surface area contributed by atoms with Gasteiger partial charge in [0, 0.05) is 25.5 Å². The van der Waals surface area contributed by atoms with Gasteiger partial charge >= 0.3 is 5.69 Å². The van der Waals surface area contributed by atoms with Crippen molar-refractivity contribution in [3.63, 3.8) is 0 Å². The first-order valence-electron chi connectivity index (χ1n) is 4.58. The van der Waals surface area contributed by atoms with Gasteiger partial charge in [0.1, 0.15) is 6.29 Å². The van der Waals surface area contributed by atoms with E-state index in [2.05, 4.69) is 0 Å². The normalized spacial score (nSPS) is 15.9. The third-order valence-corrected chi connectivity index (χ3v) is 2.09. The Balaban J connectivity index is 2.60. The van der Waals surface area contributed by atoms with Crippen LogP contribution in [0.15, 0.2) is 12.1 Å². The molecule has 1 aromatic carbocycles. The molecule has 1 aliphatic rings. The smallest absolute Gasteiger partial charge is 0.315 e. The minimum absolute atomic E-state index is 0.0700. The van der Waals surface area contributed by atoms with Crippen LogP contribution < -0.4 is 9.47 Å². The lowest BCUT2D eigenvalue weighted by Crippen LogP contribution is -2.29. The molecule has 0 aromatic heterocycles. The molecule has 6 nitrogen and oxygen atoms in total. The van der Waals surface area contributed by atoms with Gasteiger partial charge < -0.3 is 9.47 Å². The molecule has 0 fully saturated rings. The van der Waals surface area contributed by atoms with Gasteiger partial charge in [0.15, 0.2) is 5.75 Å². The lowest BCUT2D eigenvalue weighted by Gasteiger charge is -2.15. The largest absolute Gasteiger partial charge is 0.449 e. The van der Waals surface area contributed by atoms with E-state index in [1.54, 1.807) is 13.8 Å². The first-order valence-corrected chi connectivity index (χ1v) is 4.58. The zero-order chi connectivity index (χ0) is 11.9. The number of nitro benzene ring substituents is 1. The minimum atomic E-state index is -0.950. The zero-order valence-corrected chi connectivity index (χ0v) is 8.72. The fraction of sp³-hybridized carbons (Fsp3) is 0.300. The Hall–Kier alpha value is -2.11. The predicted molar refractivity (Wildman–Crippen MR) is 53.8 cm³/mol. The molecule has 0 saturated carbocycles. The first-order chi connectivity index (χ1) is 7.43. The highest BCUT2D eigenvalue weighted by Crippen LogP contribution is 2.46. The van der Waals surface area contributed by atoms with E-state index >= 15 is 0 Å². The monoisotopic (exact) mass is 223 g/mol. The Bertz CT molecular complexity index is 480. The van der Waals surface area contributed by atoms with Gasteiger partial charge in [0.25, 0.3) is 0 Å². The number of ether oxygens (including phenoxy) is 2. The number of carbonyl (C=O) groups is 1. The molecule has 0 N–H and O–H groups in total. The van der Waals surface area contributed by atoms with Crippen molar-refractivity contribution in [1.29, 1.82) is 0 Å². The van der Waals surface area contributed by atoms with Crippen molar-refractivity contribution < 1.29 is 19.2 Å². The molecule has 1 aromatic rings. The van der Waals surface area contributed by atoms with E-state index in [9.17, 15) is 14.9 Å². The van der Waals surface area contributed by atoms with E-state index < -0.39 is 10.7 Å². The molecule has 0 amide bonds. The summed E-state index contributed by atoms with van der Waals surface area (Å²) in [6.07, 6.45) is 0.530. The van der Waals surface area contributed by atoms with E-state index in [4.69, 9.17) is 9.47 Å². The van der Waals surface area contributed by atoms with Gasteiger partial charge in [-0.05, 0) is 6.07 Å². The Kier molecular flexibility index (Phi) is 2.08. The Morgan fingerprint density at radius 3 is 2.62 bits per heavy atom. The van der Waals surface area contributed by atoms with E-state index in [-0.39, 0.29) is 22.7 Å². The molecule has 6 heteroatoms. The molecule has 0 unspecified atom stereocenters. The van der Waals surface area contributed by atoms with Crippen LogP contribution in [0.2, 0.25) is 0 Å². The van der Waals surface area contributed by atoms with Crippen LogP contribution in [0, 0.1) is 10.1 Å². The third kappa shape index (κ3) is 1.58. The second-order valence-electron chi connectivity index (χ2n) is 3.85. The van der Waals surface area contributed by atoms with E-state index in [1.165, 1.54) is 6.07 Å². The summed E-state index contributed by atoms with van der Waals surface area (Å²) in [5.41, 5.74) is -0.0723. The van der Waals surface area contributed by atoms with E-state index in [0.717, 1.165) is 6.07 Å². The van der Waals surface area contributed by atoms with Crippen molar-refractivity contribution in [3.05, 3.63) is 27.8 Å². The average molecular weight is 223 g/mol. The minimum Gasteiger partial charge on any atom is -0.449 e. The number of rotatable bonds is 2. The molecule has 0 bridgehead atoms. The molecular formula is C10H9NO5. The van der Waals surface area contributed by atoms with Crippen LogP contribution in [0.25, 0.3) is 0 Å². The maximum atomic E-state index is 10.8. The highest BCUT2D eigenvalue weighted by atomic mass is 16.7. The molecule has 0 saturated heterocycles. The fourth-order valence-electron chi connectivity index (χ4n) is 1.52. The second kappa shape index (κ2) is 3.19. The van der Waals surface area contributed by atoms with Crippen LogP contribution in [0.4, 0.5) is 5.69 Å². The quantitative estimate of drug-likeness (QED) is 0.434. The van der Waals surface area contributed by atoms with Gasteiger partial charge in [-0.3, -0.25) is 14.9 Å². The van der Waals surface area contributed by atoms with Gasteiger partial charge in [-0.25, -0.2) is 0 Å². The van der Waals surface area contributed by atoms with Crippen molar-refractivity contribution in [2.75, 3.05) is 0 Å². The Morgan fingerprint density at radius 2 is 2.06 bits per heavy atom. The maximum Gasteiger partial charge on any atom is 0.315 e. The zero-order valence-electron chi connectivity index (χ0n) is 8.72. The molecule has 84 valence electrons. The van der Waals surface area contributed by atoms with Crippen LogP contribution in [-0.2, 0) is 0 Å². The van der Waals surface area contributed by atoms with Gasteiger partial charge in [0.05, 0.1) is 4.92 Å². The summed E-state index contributed by atoms with van der Waals surface area (Å²) in [6, 6.07) is 2.58. The van der Waals surface area contributed by atoms with Crippen LogP contribution in [0.1, 0.15) is 24.2 Å². The summed E-state index contributed by atoms with van der Waals surface area (Å²) < 4.78 is 10.6. The van der Waals surface area contributed by atoms with Gasteiger partial charge in [0.2, 0.25) is 11.5 Å². The molecule has 16 heavy (non-hydrogen) atoms. The summed E-state index contributed by atoms with van der Waals surface area (Å²) >= 11 is 0. The number of benzene rings is 1. The summed E-state index contributed by atoms with van der Waals surface area (Å²) in [7, 11) is 0. The van der Waals surface area contributed by atoms with E-state index in [1.807, 2.05) is 0 Å². The summed E-state index contributed by atoms with van der Waals surface area (Å²) in [5.74, 6) is -0.656. The van der Waals surface area contributed by atoms with Crippen molar-refractivity contribution in [2.45, 2.75) is 19.6 Å². The number of carbonyl (C=O) groups excluding carboxylic acids is 1. The van der Waals surface area contributed by atoms with Crippen molar-refractivity contribution >= 4 is 12.0 Å². The van der Waals surface area contributed by atoms with Gasteiger partial charge in [-0.1, -0.05) is 0 Å². The highest BCUT2D eigenvalue weighted by molar-refractivity contribution is 5.79. The summed E-state index contributed by atoms with van der Waals surface area (Å²) in [4.78, 5) is 20.8. The van der Waals surface area contributed by atoms with Gasteiger partial charge in [-0.2, -0.15) is 0 Å². The number of fused-ring (bicyclic) bond motifs is 1. The molecule has 1 aliphatic heterocycles. The Labute approximate surface area is 90.9 Å². The fourth-order valence-corrected chi connectivity index (χ4v) is 1.52. The number of aldehydes is 1. The molecule has 0 spiro atoms.